The van der Waals surface area contributed by atoms with Crippen molar-refractivity contribution in [3.05, 3.63) is 102 Å². The molecule has 0 saturated heterocycles. The maximum Gasteiger partial charge on any atom is 0.365 e. The zero-order valence-corrected chi connectivity index (χ0v) is 12.6. The third-order valence-electron chi connectivity index (χ3n) is 3.28. The molecule has 0 amide bonds. The molecule has 4 nitrogen and oxygen atoms in total. The lowest BCUT2D eigenvalue weighted by molar-refractivity contribution is 0.0516. The zero-order valence-electron chi connectivity index (χ0n) is 12.6. The van der Waals surface area contributed by atoms with E-state index in [2.05, 4.69) is 10.1 Å². The monoisotopic (exact) mass is 320 g/mol. The highest BCUT2D eigenvalue weighted by Crippen LogP contribution is 2.12. The molecular weight excluding hydrogens is 307 g/mol. The first-order valence-corrected chi connectivity index (χ1v) is 7.25. The van der Waals surface area contributed by atoms with Crippen molar-refractivity contribution >= 4 is 11.7 Å². The van der Waals surface area contributed by atoms with Crippen LogP contribution >= 0.6 is 0 Å². The Morgan fingerprint density at radius 2 is 1.54 bits per heavy atom. The molecule has 0 fully saturated rings. The van der Waals surface area contributed by atoms with E-state index in [1.165, 1.54) is 18.2 Å². The van der Waals surface area contributed by atoms with Crippen molar-refractivity contribution in [2.45, 2.75) is 0 Å². The molecule has 24 heavy (non-hydrogen) atoms. The van der Waals surface area contributed by atoms with Crippen LogP contribution in [0.5, 0.6) is 0 Å². The molecule has 2 aromatic carbocycles. The molecule has 0 radical (unpaired) electrons. The van der Waals surface area contributed by atoms with Crippen molar-refractivity contribution in [1.82, 2.24) is 4.98 Å². The molecule has 1 heterocycles. The second-order valence-electron chi connectivity index (χ2n) is 4.93. The minimum Gasteiger partial charge on any atom is -0.312 e. The van der Waals surface area contributed by atoms with Crippen LogP contribution < -0.4 is 0 Å². The van der Waals surface area contributed by atoms with Gasteiger partial charge in [0.2, 0.25) is 0 Å². The van der Waals surface area contributed by atoms with Crippen molar-refractivity contribution in [1.29, 1.82) is 0 Å². The third kappa shape index (κ3) is 3.70. The number of nitrogens with zero attached hydrogens (tertiary/aromatic N) is 2. The lowest BCUT2D eigenvalue weighted by Crippen LogP contribution is -2.08. The van der Waals surface area contributed by atoms with Gasteiger partial charge in [0.25, 0.3) is 0 Å². The third-order valence-corrected chi connectivity index (χ3v) is 3.28. The number of hydrogen-bond acceptors (Lipinski definition) is 4. The van der Waals surface area contributed by atoms with Gasteiger partial charge < -0.3 is 4.84 Å². The fourth-order valence-electron chi connectivity index (χ4n) is 2.13. The number of pyridine rings is 1. The summed E-state index contributed by atoms with van der Waals surface area (Å²) in [5, 5.41) is 3.99. The first-order chi connectivity index (χ1) is 11.7. The highest BCUT2D eigenvalue weighted by molar-refractivity contribution is 6.12. The van der Waals surface area contributed by atoms with Gasteiger partial charge in [0.05, 0.1) is 5.56 Å². The van der Waals surface area contributed by atoms with Gasteiger partial charge in [0, 0.05) is 23.5 Å². The van der Waals surface area contributed by atoms with Gasteiger partial charge in [-0.25, -0.2) is 9.18 Å². The fourth-order valence-corrected chi connectivity index (χ4v) is 2.13. The molecule has 3 rings (SSSR count). The van der Waals surface area contributed by atoms with Gasteiger partial charge in [-0.2, -0.15) is 0 Å². The Labute approximate surface area is 138 Å². The Morgan fingerprint density at radius 3 is 2.25 bits per heavy atom. The lowest BCUT2D eigenvalue weighted by Gasteiger charge is -2.06. The number of carbonyl (C=O) groups excluding carboxylic acids is 1. The van der Waals surface area contributed by atoms with Gasteiger partial charge in [-0.05, 0) is 30.3 Å². The van der Waals surface area contributed by atoms with Crippen LogP contribution in [0.1, 0.15) is 21.5 Å². The summed E-state index contributed by atoms with van der Waals surface area (Å²) in [5.41, 5.74) is 2.13. The highest BCUT2D eigenvalue weighted by atomic mass is 19.1. The quantitative estimate of drug-likeness (QED) is 0.417. The van der Waals surface area contributed by atoms with Crippen LogP contribution in [0.25, 0.3) is 0 Å². The first kappa shape index (κ1) is 15.6. The molecular formula is C19H13FN2O2. The van der Waals surface area contributed by atoms with Crippen molar-refractivity contribution < 1.29 is 14.0 Å². The number of halogens is 1. The van der Waals surface area contributed by atoms with Crippen LogP contribution in [-0.2, 0) is 4.84 Å². The standard InChI is InChI=1S/C19H13FN2O2/c20-17-8-4-7-16(13-17)19(23)24-22-18(14-5-2-1-3-6-14)15-9-11-21-12-10-15/h1-13H/b22-18-. The SMILES string of the molecule is O=C(O/N=C(/c1ccccc1)c1ccncc1)c1cccc(F)c1. The van der Waals surface area contributed by atoms with Gasteiger partial charge in [-0.1, -0.05) is 41.6 Å². The van der Waals surface area contributed by atoms with E-state index in [0.717, 1.165) is 17.2 Å². The predicted molar refractivity (Wildman–Crippen MR) is 88.1 cm³/mol. The van der Waals surface area contributed by atoms with Crippen LogP contribution in [0.4, 0.5) is 4.39 Å². The molecule has 0 unspecified atom stereocenters. The molecule has 0 saturated carbocycles. The van der Waals surface area contributed by atoms with Gasteiger partial charge in [0.15, 0.2) is 0 Å². The summed E-state index contributed by atoms with van der Waals surface area (Å²) in [6.45, 7) is 0. The predicted octanol–water partition coefficient (Wildman–Crippen LogP) is 3.83. The van der Waals surface area contributed by atoms with E-state index in [1.54, 1.807) is 24.5 Å². The number of oxime groups is 1. The van der Waals surface area contributed by atoms with Gasteiger partial charge >= 0.3 is 5.97 Å². The van der Waals surface area contributed by atoms with E-state index in [0.29, 0.717) is 5.71 Å². The van der Waals surface area contributed by atoms with E-state index in [-0.39, 0.29) is 5.56 Å². The second-order valence-corrected chi connectivity index (χ2v) is 4.93. The first-order valence-electron chi connectivity index (χ1n) is 7.25. The van der Waals surface area contributed by atoms with Crippen LogP contribution in [0.15, 0.2) is 84.3 Å². The minimum atomic E-state index is -0.725. The molecule has 0 aliphatic rings. The van der Waals surface area contributed by atoms with Gasteiger partial charge in [-0.15, -0.1) is 0 Å². The molecule has 0 aliphatic heterocycles. The molecule has 1 aromatic heterocycles. The average molecular weight is 320 g/mol. The molecule has 0 aliphatic carbocycles. The second kappa shape index (κ2) is 7.28. The average Bonchev–Trinajstić information content (AvgIpc) is 2.63. The number of hydrogen-bond donors (Lipinski definition) is 0. The largest absolute Gasteiger partial charge is 0.365 e. The lowest BCUT2D eigenvalue weighted by atomic mass is 10.0. The van der Waals surface area contributed by atoms with Gasteiger partial charge in [0.1, 0.15) is 11.5 Å². The normalized spacial score (nSPS) is 11.1. The van der Waals surface area contributed by atoms with E-state index < -0.39 is 11.8 Å². The summed E-state index contributed by atoms with van der Waals surface area (Å²) in [6.07, 6.45) is 3.25. The van der Waals surface area contributed by atoms with Crippen LogP contribution in [-0.4, -0.2) is 16.7 Å². The fraction of sp³-hybridized carbons (Fsp3) is 0. The van der Waals surface area contributed by atoms with Crippen LogP contribution in [0.3, 0.4) is 0 Å². The molecule has 0 atom stereocenters. The van der Waals surface area contributed by atoms with Crippen molar-refractivity contribution in [3.63, 3.8) is 0 Å². The van der Waals surface area contributed by atoms with E-state index in [9.17, 15) is 9.18 Å². The summed E-state index contributed by atoms with van der Waals surface area (Å²) < 4.78 is 13.2. The van der Waals surface area contributed by atoms with Crippen molar-refractivity contribution in [2.75, 3.05) is 0 Å². The number of carbonyl (C=O) groups is 1. The van der Waals surface area contributed by atoms with Crippen molar-refractivity contribution in [2.24, 2.45) is 5.16 Å². The molecule has 0 spiro atoms. The Bertz CT molecular complexity index is 823. The summed E-state index contributed by atoms with van der Waals surface area (Å²) in [4.78, 5) is 21.0. The molecule has 118 valence electrons. The van der Waals surface area contributed by atoms with Crippen LogP contribution in [0.2, 0.25) is 0 Å². The molecule has 5 heteroatoms. The Morgan fingerprint density at radius 1 is 0.875 bits per heavy atom. The molecule has 0 bridgehead atoms. The summed E-state index contributed by atoms with van der Waals surface area (Å²) in [7, 11) is 0. The summed E-state index contributed by atoms with van der Waals surface area (Å²) in [5.74, 6) is -1.23. The van der Waals surface area contributed by atoms with Gasteiger partial charge in [-0.3, -0.25) is 4.98 Å². The maximum atomic E-state index is 13.2. The van der Waals surface area contributed by atoms with E-state index >= 15 is 0 Å². The maximum absolute atomic E-state index is 13.2. The van der Waals surface area contributed by atoms with Crippen molar-refractivity contribution in [3.8, 4) is 0 Å². The Kier molecular flexibility index (Phi) is 4.72. The van der Waals surface area contributed by atoms with E-state index in [4.69, 9.17) is 4.84 Å². The number of rotatable bonds is 4. The Balaban J connectivity index is 1.91. The zero-order chi connectivity index (χ0) is 16.8. The minimum absolute atomic E-state index is 0.0980. The van der Waals surface area contributed by atoms with Crippen LogP contribution in [0, 0.1) is 5.82 Å². The van der Waals surface area contributed by atoms with E-state index in [1.807, 2.05) is 30.3 Å². The number of aromatic nitrogens is 1. The molecule has 3 aromatic rings. The molecule has 0 N–H and O–H groups in total. The topological polar surface area (TPSA) is 51.5 Å². The smallest absolute Gasteiger partial charge is 0.312 e. The summed E-state index contributed by atoms with van der Waals surface area (Å²) in [6, 6.07) is 18.1. The summed E-state index contributed by atoms with van der Waals surface area (Å²) >= 11 is 0. The number of benzene rings is 2. The highest BCUT2D eigenvalue weighted by Gasteiger charge is 2.11. The Hall–Kier alpha value is -3.34.